The smallest absolute Gasteiger partial charge is 0.243 e. The molecule has 0 radical (unpaired) electrons. The van der Waals surface area contributed by atoms with Crippen LogP contribution in [0.5, 0.6) is 0 Å². The van der Waals surface area contributed by atoms with Gasteiger partial charge < -0.3 is 10.6 Å². The van der Waals surface area contributed by atoms with E-state index in [1.807, 2.05) is 0 Å². The quantitative estimate of drug-likeness (QED) is 0.828. The molecule has 0 unspecified atom stereocenters. The number of carbonyl (C=O) groups is 1. The molecule has 0 spiro atoms. The van der Waals surface area contributed by atoms with Crippen molar-refractivity contribution in [2.75, 3.05) is 19.6 Å². The molecule has 7 heteroatoms. The predicted octanol–water partition coefficient (Wildman–Crippen LogP) is 1.48. The zero-order chi connectivity index (χ0) is 17.9. The highest BCUT2D eigenvalue weighted by Gasteiger charge is 2.27. The summed E-state index contributed by atoms with van der Waals surface area (Å²) in [6.45, 7) is 4.62. The molecule has 2 N–H and O–H groups in total. The van der Waals surface area contributed by atoms with Gasteiger partial charge in [0.2, 0.25) is 15.9 Å². The molecule has 1 aromatic carbocycles. The van der Waals surface area contributed by atoms with Crippen LogP contribution in [-0.4, -0.2) is 44.3 Å². The molecule has 3 rings (SSSR count). The average molecular weight is 365 g/mol. The van der Waals surface area contributed by atoms with Crippen LogP contribution < -0.4 is 10.6 Å². The second kappa shape index (κ2) is 7.85. The van der Waals surface area contributed by atoms with Gasteiger partial charge >= 0.3 is 0 Å². The Kier molecular flexibility index (Phi) is 5.76. The van der Waals surface area contributed by atoms with Gasteiger partial charge in [-0.2, -0.15) is 4.31 Å². The van der Waals surface area contributed by atoms with Gasteiger partial charge in [0, 0.05) is 31.6 Å². The monoisotopic (exact) mass is 365 g/mol. The van der Waals surface area contributed by atoms with E-state index in [0.29, 0.717) is 30.6 Å². The molecule has 0 aliphatic carbocycles. The topological polar surface area (TPSA) is 78.5 Å². The molecule has 0 bridgehead atoms. The normalized spacial score (nSPS) is 25.0. The summed E-state index contributed by atoms with van der Waals surface area (Å²) in [7, 11) is -3.37. The van der Waals surface area contributed by atoms with E-state index in [0.717, 1.165) is 37.8 Å². The fraction of sp³-hybridized carbons (Fsp3) is 0.611. The Bertz CT molecular complexity index is 697. The Hall–Kier alpha value is -1.44. The molecule has 2 heterocycles. The van der Waals surface area contributed by atoms with E-state index < -0.39 is 10.0 Å². The van der Waals surface area contributed by atoms with Crippen molar-refractivity contribution in [1.29, 1.82) is 0 Å². The first kappa shape index (κ1) is 18.4. The molecule has 6 nitrogen and oxygen atoms in total. The van der Waals surface area contributed by atoms with Crippen molar-refractivity contribution in [2.24, 2.45) is 5.92 Å². The number of hydrogen-bond donors (Lipinski definition) is 2. The number of piperidine rings is 1. The van der Waals surface area contributed by atoms with Crippen LogP contribution in [0, 0.1) is 5.92 Å². The lowest BCUT2D eigenvalue weighted by molar-refractivity contribution is -0.126. The van der Waals surface area contributed by atoms with Crippen LogP contribution in [0.2, 0.25) is 0 Å². The molecule has 1 aromatic rings. The Morgan fingerprint density at radius 1 is 1.24 bits per heavy atom. The summed E-state index contributed by atoms with van der Waals surface area (Å²) in [6.07, 6.45) is 3.58. The van der Waals surface area contributed by atoms with E-state index in [2.05, 4.69) is 17.6 Å². The third kappa shape index (κ3) is 4.40. The molecule has 2 fully saturated rings. The second-order valence-corrected chi connectivity index (χ2v) is 8.99. The van der Waals surface area contributed by atoms with Crippen molar-refractivity contribution < 1.29 is 13.2 Å². The van der Waals surface area contributed by atoms with E-state index in [9.17, 15) is 13.2 Å². The van der Waals surface area contributed by atoms with E-state index in [1.54, 1.807) is 28.6 Å². The maximum Gasteiger partial charge on any atom is 0.243 e. The number of nitrogens with zero attached hydrogens (tertiary/aromatic N) is 1. The maximum absolute atomic E-state index is 12.5. The molecule has 2 aliphatic rings. The van der Waals surface area contributed by atoms with Crippen molar-refractivity contribution in [1.82, 2.24) is 14.9 Å². The standard InChI is InChI=1S/C18H27N3O3S/c1-14-12-16(8-9-19-14)18(22)20-13-15-4-6-17(7-5-15)25(23,24)21-10-2-3-11-21/h4-7,14,16,19H,2-3,8-13H2,1H3,(H,20,22)/t14-,16-/m0/s1. The predicted molar refractivity (Wildman–Crippen MR) is 96.5 cm³/mol. The summed E-state index contributed by atoms with van der Waals surface area (Å²) >= 11 is 0. The third-order valence-corrected chi connectivity index (χ3v) is 7.00. The Labute approximate surface area is 150 Å². The molecule has 2 saturated heterocycles. The van der Waals surface area contributed by atoms with Gasteiger partial charge in [-0.1, -0.05) is 12.1 Å². The first-order valence-corrected chi connectivity index (χ1v) is 10.5. The average Bonchev–Trinajstić information content (AvgIpc) is 3.15. The summed E-state index contributed by atoms with van der Waals surface area (Å²) in [4.78, 5) is 12.6. The third-order valence-electron chi connectivity index (χ3n) is 5.09. The van der Waals surface area contributed by atoms with Crippen LogP contribution in [0.3, 0.4) is 0 Å². The molecule has 0 saturated carbocycles. The number of nitrogens with one attached hydrogen (secondary N) is 2. The minimum Gasteiger partial charge on any atom is -0.352 e. The van der Waals surface area contributed by atoms with Crippen LogP contribution in [0.1, 0.15) is 38.2 Å². The summed E-state index contributed by atoms with van der Waals surface area (Å²) in [5, 5.41) is 6.32. The maximum atomic E-state index is 12.5. The lowest BCUT2D eigenvalue weighted by Crippen LogP contribution is -2.42. The SMILES string of the molecule is C[C@H]1C[C@@H](C(=O)NCc2ccc(S(=O)(=O)N3CCCC3)cc2)CCN1. The minimum absolute atomic E-state index is 0.0612. The van der Waals surface area contributed by atoms with Gasteiger partial charge in [-0.05, 0) is 56.8 Å². The first-order chi connectivity index (χ1) is 12.0. The van der Waals surface area contributed by atoms with E-state index in [-0.39, 0.29) is 11.8 Å². The zero-order valence-electron chi connectivity index (χ0n) is 14.7. The van der Waals surface area contributed by atoms with Gasteiger partial charge in [0.15, 0.2) is 0 Å². The summed E-state index contributed by atoms with van der Waals surface area (Å²) in [5.41, 5.74) is 0.913. The first-order valence-electron chi connectivity index (χ1n) is 9.07. The molecular formula is C18H27N3O3S. The van der Waals surface area contributed by atoms with Crippen LogP contribution in [-0.2, 0) is 21.4 Å². The van der Waals surface area contributed by atoms with Crippen molar-refractivity contribution in [2.45, 2.75) is 50.1 Å². The molecular weight excluding hydrogens is 338 g/mol. The van der Waals surface area contributed by atoms with Crippen LogP contribution >= 0.6 is 0 Å². The molecule has 25 heavy (non-hydrogen) atoms. The van der Waals surface area contributed by atoms with Gasteiger partial charge in [-0.15, -0.1) is 0 Å². The zero-order valence-corrected chi connectivity index (χ0v) is 15.5. The Morgan fingerprint density at radius 3 is 2.56 bits per heavy atom. The number of sulfonamides is 1. The van der Waals surface area contributed by atoms with Crippen molar-refractivity contribution in [3.05, 3.63) is 29.8 Å². The largest absolute Gasteiger partial charge is 0.352 e. The van der Waals surface area contributed by atoms with Gasteiger partial charge in [0.1, 0.15) is 0 Å². The fourth-order valence-electron chi connectivity index (χ4n) is 3.56. The highest BCUT2D eigenvalue weighted by Crippen LogP contribution is 2.21. The number of rotatable bonds is 5. The number of hydrogen-bond acceptors (Lipinski definition) is 4. The van der Waals surface area contributed by atoms with Crippen molar-refractivity contribution >= 4 is 15.9 Å². The van der Waals surface area contributed by atoms with E-state index in [1.165, 1.54) is 0 Å². The Balaban J connectivity index is 1.56. The van der Waals surface area contributed by atoms with Gasteiger partial charge in [-0.3, -0.25) is 4.79 Å². The molecule has 0 aromatic heterocycles. The molecule has 2 aliphatic heterocycles. The summed E-state index contributed by atoms with van der Waals surface area (Å²) in [6, 6.07) is 7.23. The Morgan fingerprint density at radius 2 is 1.92 bits per heavy atom. The summed E-state index contributed by atoms with van der Waals surface area (Å²) in [5.74, 6) is 0.146. The lowest BCUT2D eigenvalue weighted by atomic mass is 9.92. The summed E-state index contributed by atoms with van der Waals surface area (Å²) < 4.78 is 26.5. The highest BCUT2D eigenvalue weighted by molar-refractivity contribution is 7.89. The van der Waals surface area contributed by atoms with Crippen LogP contribution in [0.15, 0.2) is 29.2 Å². The second-order valence-electron chi connectivity index (χ2n) is 7.05. The molecule has 138 valence electrons. The number of carbonyl (C=O) groups excluding carboxylic acids is 1. The van der Waals surface area contributed by atoms with Gasteiger partial charge in [0.25, 0.3) is 0 Å². The minimum atomic E-state index is -3.37. The van der Waals surface area contributed by atoms with Crippen molar-refractivity contribution in [3.8, 4) is 0 Å². The number of amides is 1. The van der Waals surface area contributed by atoms with Crippen molar-refractivity contribution in [3.63, 3.8) is 0 Å². The van der Waals surface area contributed by atoms with Crippen LogP contribution in [0.4, 0.5) is 0 Å². The van der Waals surface area contributed by atoms with E-state index in [4.69, 9.17) is 0 Å². The highest BCUT2D eigenvalue weighted by atomic mass is 32.2. The molecule has 2 atom stereocenters. The van der Waals surface area contributed by atoms with Crippen LogP contribution in [0.25, 0.3) is 0 Å². The van der Waals surface area contributed by atoms with Gasteiger partial charge in [0.05, 0.1) is 4.90 Å². The van der Waals surface area contributed by atoms with E-state index >= 15 is 0 Å². The molecule has 1 amide bonds. The van der Waals surface area contributed by atoms with Gasteiger partial charge in [-0.25, -0.2) is 8.42 Å². The lowest BCUT2D eigenvalue weighted by Gasteiger charge is -2.27. The fourth-order valence-corrected chi connectivity index (χ4v) is 5.08. The number of benzene rings is 1.